The highest BCUT2D eigenvalue weighted by Gasteiger charge is 2.28. The van der Waals surface area contributed by atoms with Gasteiger partial charge in [-0.05, 0) is 41.3 Å². The van der Waals surface area contributed by atoms with Gasteiger partial charge in [-0.3, -0.25) is 4.79 Å². The summed E-state index contributed by atoms with van der Waals surface area (Å²) in [5.74, 6) is 1.30. The number of hydrogen-bond donors (Lipinski definition) is 1. The minimum Gasteiger partial charge on any atom is -0.497 e. The molecule has 0 aliphatic heterocycles. The lowest BCUT2D eigenvalue weighted by molar-refractivity contribution is -0.124. The van der Waals surface area contributed by atoms with Crippen molar-refractivity contribution in [3.05, 3.63) is 82.9 Å². The summed E-state index contributed by atoms with van der Waals surface area (Å²) in [5.41, 5.74) is 1.88. The van der Waals surface area contributed by atoms with Crippen molar-refractivity contribution in [3.8, 4) is 5.75 Å². The molecule has 0 spiro atoms. The van der Waals surface area contributed by atoms with E-state index in [1.807, 2.05) is 80.2 Å². The summed E-state index contributed by atoms with van der Waals surface area (Å²) >= 11 is 6.03. The summed E-state index contributed by atoms with van der Waals surface area (Å²) < 4.78 is 7.18. The predicted octanol–water partition coefficient (Wildman–Crippen LogP) is 4.73. The molecule has 0 unspecified atom stereocenters. The van der Waals surface area contributed by atoms with Crippen LogP contribution in [0.3, 0.4) is 0 Å². The Balaban J connectivity index is 1.94. The maximum atomic E-state index is 13.4. The first-order valence-corrected chi connectivity index (χ1v) is 9.95. The first-order chi connectivity index (χ1) is 13.9. The van der Waals surface area contributed by atoms with Gasteiger partial charge in [0.25, 0.3) is 0 Å². The second-order valence-electron chi connectivity index (χ2n) is 7.38. The standard InChI is InChI=1S/C23H26ClN3O2/c1-15(2)20(16-5-9-18(24)10-6-16)23(28)26-21(22-25-13-14-27(22)3)17-7-11-19(29-4)12-8-17/h5-15,20-21H,1-4H3,(H,26,28)/t20-,21+/m0/s1. The number of imidazole rings is 1. The normalized spacial score (nSPS) is 13.2. The second-order valence-corrected chi connectivity index (χ2v) is 7.82. The topological polar surface area (TPSA) is 56.1 Å². The number of carbonyl (C=O) groups excluding carboxylic acids is 1. The Morgan fingerprint density at radius 3 is 2.21 bits per heavy atom. The Morgan fingerprint density at radius 2 is 1.69 bits per heavy atom. The molecule has 0 saturated heterocycles. The average Bonchev–Trinajstić information content (AvgIpc) is 3.13. The predicted molar refractivity (Wildman–Crippen MR) is 115 cm³/mol. The number of benzene rings is 2. The maximum Gasteiger partial charge on any atom is 0.228 e. The summed E-state index contributed by atoms with van der Waals surface area (Å²) in [6, 6.07) is 14.8. The number of methoxy groups -OCH3 is 1. The van der Waals surface area contributed by atoms with Gasteiger partial charge in [-0.1, -0.05) is 49.7 Å². The highest BCUT2D eigenvalue weighted by molar-refractivity contribution is 6.30. The van der Waals surface area contributed by atoms with Crippen molar-refractivity contribution in [1.29, 1.82) is 0 Å². The minimum absolute atomic E-state index is 0.0499. The van der Waals surface area contributed by atoms with Crippen molar-refractivity contribution in [3.63, 3.8) is 0 Å². The molecule has 0 saturated carbocycles. The van der Waals surface area contributed by atoms with Crippen molar-refractivity contribution in [2.45, 2.75) is 25.8 Å². The van der Waals surface area contributed by atoms with Crippen LogP contribution in [-0.4, -0.2) is 22.6 Å². The first-order valence-electron chi connectivity index (χ1n) is 9.57. The van der Waals surface area contributed by atoms with Crippen LogP contribution in [-0.2, 0) is 11.8 Å². The van der Waals surface area contributed by atoms with Gasteiger partial charge < -0.3 is 14.6 Å². The van der Waals surface area contributed by atoms with Gasteiger partial charge in [0, 0.05) is 24.5 Å². The van der Waals surface area contributed by atoms with Crippen LogP contribution in [0, 0.1) is 5.92 Å². The molecule has 1 aromatic heterocycles. The zero-order valence-corrected chi connectivity index (χ0v) is 17.9. The molecule has 5 nitrogen and oxygen atoms in total. The van der Waals surface area contributed by atoms with Crippen LogP contribution in [0.1, 0.15) is 42.8 Å². The summed E-state index contributed by atoms with van der Waals surface area (Å²) in [6.07, 6.45) is 3.61. The SMILES string of the molecule is COc1ccc([C@@H](NC(=O)[C@H](c2ccc(Cl)cc2)C(C)C)c2nccn2C)cc1. The van der Waals surface area contributed by atoms with E-state index in [9.17, 15) is 4.79 Å². The third-order valence-electron chi connectivity index (χ3n) is 5.03. The zero-order valence-electron chi connectivity index (χ0n) is 17.1. The molecule has 0 bridgehead atoms. The molecule has 3 rings (SSSR count). The Hall–Kier alpha value is -2.79. The Labute approximate surface area is 176 Å². The molecule has 29 heavy (non-hydrogen) atoms. The summed E-state index contributed by atoms with van der Waals surface area (Å²) in [5, 5.41) is 3.87. The molecular formula is C23H26ClN3O2. The van der Waals surface area contributed by atoms with E-state index >= 15 is 0 Å². The molecule has 6 heteroatoms. The first kappa shape index (κ1) is 20.9. The monoisotopic (exact) mass is 411 g/mol. The van der Waals surface area contributed by atoms with Crippen LogP contribution in [0.5, 0.6) is 5.75 Å². The number of amides is 1. The Bertz CT molecular complexity index is 949. The molecule has 0 aliphatic rings. The third-order valence-corrected chi connectivity index (χ3v) is 5.28. The molecule has 2 aromatic carbocycles. The van der Waals surface area contributed by atoms with Gasteiger partial charge in [-0.25, -0.2) is 4.98 Å². The molecule has 1 amide bonds. The Kier molecular flexibility index (Phi) is 6.60. The van der Waals surface area contributed by atoms with Gasteiger partial charge in [0.15, 0.2) is 0 Å². The largest absolute Gasteiger partial charge is 0.497 e. The molecule has 2 atom stereocenters. The fourth-order valence-corrected chi connectivity index (χ4v) is 3.62. The Morgan fingerprint density at radius 1 is 1.07 bits per heavy atom. The van der Waals surface area contributed by atoms with Gasteiger partial charge in [0.05, 0.1) is 13.0 Å². The summed E-state index contributed by atoms with van der Waals surface area (Å²) in [6.45, 7) is 4.09. The van der Waals surface area contributed by atoms with Gasteiger partial charge >= 0.3 is 0 Å². The van der Waals surface area contributed by atoms with E-state index in [1.165, 1.54) is 0 Å². The van der Waals surface area contributed by atoms with Crippen molar-refractivity contribution in [2.24, 2.45) is 13.0 Å². The zero-order chi connectivity index (χ0) is 21.0. The molecule has 152 valence electrons. The summed E-state index contributed by atoms with van der Waals surface area (Å²) in [4.78, 5) is 17.9. The molecular weight excluding hydrogens is 386 g/mol. The average molecular weight is 412 g/mol. The van der Waals surface area contributed by atoms with Crippen LogP contribution >= 0.6 is 11.6 Å². The molecule has 1 N–H and O–H groups in total. The van der Waals surface area contributed by atoms with Crippen LogP contribution in [0.4, 0.5) is 0 Å². The fourth-order valence-electron chi connectivity index (χ4n) is 3.49. The van der Waals surface area contributed by atoms with E-state index in [-0.39, 0.29) is 23.8 Å². The lowest BCUT2D eigenvalue weighted by atomic mass is 9.87. The van der Waals surface area contributed by atoms with Gasteiger partial charge in [0.1, 0.15) is 17.6 Å². The van der Waals surface area contributed by atoms with E-state index < -0.39 is 0 Å². The third kappa shape index (κ3) is 4.80. The van der Waals surface area contributed by atoms with Crippen LogP contribution in [0.15, 0.2) is 60.9 Å². The van der Waals surface area contributed by atoms with E-state index in [0.29, 0.717) is 5.02 Å². The number of nitrogens with one attached hydrogen (secondary N) is 1. The highest BCUT2D eigenvalue weighted by atomic mass is 35.5. The van der Waals surface area contributed by atoms with Crippen LogP contribution < -0.4 is 10.1 Å². The highest BCUT2D eigenvalue weighted by Crippen LogP contribution is 2.29. The van der Waals surface area contributed by atoms with E-state index in [2.05, 4.69) is 10.3 Å². The lowest BCUT2D eigenvalue weighted by Crippen LogP contribution is -2.36. The number of aryl methyl sites for hydroxylation is 1. The number of carbonyl (C=O) groups is 1. The van der Waals surface area contributed by atoms with Crippen LogP contribution in [0.2, 0.25) is 5.02 Å². The number of nitrogens with zero attached hydrogens (tertiary/aromatic N) is 2. The minimum atomic E-state index is -0.373. The smallest absolute Gasteiger partial charge is 0.228 e. The van der Waals surface area contributed by atoms with E-state index in [0.717, 1.165) is 22.7 Å². The molecule has 0 aliphatic carbocycles. The molecule has 0 fully saturated rings. The molecule has 3 aromatic rings. The van der Waals surface area contributed by atoms with Gasteiger partial charge in [-0.2, -0.15) is 0 Å². The fraction of sp³-hybridized carbons (Fsp3) is 0.304. The van der Waals surface area contributed by atoms with Crippen molar-refractivity contribution in [1.82, 2.24) is 14.9 Å². The van der Waals surface area contributed by atoms with Crippen molar-refractivity contribution < 1.29 is 9.53 Å². The lowest BCUT2D eigenvalue weighted by Gasteiger charge is -2.25. The van der Waals surface area contributed by atoms with Gasteiger partial charge in [0.2, 0.25) is 5.91 Å². The van der Waals surface area contributed by atoms with Gasteiger partial charge in [-0.15, -0.1) is 0 Å². The number of aromatic nitrogens is 2. The number of halogens is 1. The van der Waals surface area contributed by atoms with Crippen molar-refractivity contribution >= 4 is 17.5 Å². The number of rotatable bonds is 7. The number of ether oxygens (including phenoxy) is 1. The molecule has 0 radical (unpaired) electrons. The summed E-state index contributed by atoms with van der Waals surface area (Å²) in [7, 11) is 3.55. The maximum absolute atomic E-state index is 13.4. The van der Waals surface area contributed by atoms with E-state index in [4.69, 9.17) is 16.3 Å². The molecule has 1 heterocycles. The van der Waals surface area contributed by atoms with Crippen molar-refractivity contribution in [2.75, 3.05) is 7.11 Å². The van der Waals surface area contributed by atoms with E-state index in [1.54, 1.807) is 13.3 Å². The number of hydrogen-bond acceptors (Lipinski definition) is 3. The quantitative estimate of drug-likeness (QED) is 0.611. The van der Waals surface area contributed by atoms with Crippen LogP contribution in [0.25, 0.3) is 0 Å². The second kappa shape index (κ2) is 9.14.